The number of morpholine rings is 1. The number of imidazole rings is 1. The summed E-state index contributed by atoms with van der Waals surface area (Å²) in [6.07, 6.45) is 7.41. The van der Waals surface area contributed by atoms with Gasteiger partial charge in [-0.1, -0.05) is 23.7 Å². The van der Waals surface area contributed by atoms with E-state index < -0.39 is 0 Å². The summed E-state index contributed by atoms with van der Waals surface area (Å²) in [6.45, 7) is 4.65. The third-order valence-corrected chi connectivity index (χ3v) is 5.00. The molecule has 7 heteroatoms. The van der Waals surface area contributed by atoms with E-state index in [2.05, 4.69) is 32.3 Å². The van der Waals surface area contributed by atoms with Gasteiger partial charge in [-0.3, -0.25) is 0 Å². The Kier molecular flexibility index (Phi) is 5.55. The molecule has 1 saturated heterocycles. The molecule has 1 fully saturated rings. The average molecular weight is 384 g/mol. The second kappa shape index (κ2) is 8.41. The number of aromatic nitrogens is 3. The molecule has 2 aromatic heterocycles. The lowest BCUT2D eigenvalue weighted by Crippen LogP contribution is -2.37. The maximum atomic E-state index is 6.49. The summed E-state index contributed by atoms with van der Waals surface area (Å²) >= 11 is 6.49. The van der Waals surface area contributed by atoms with Gasteiger partial charge in [-0.05, 0) is 23.8 Å². The molecule has 0 unspecified atom stereocenters. The van der Waals surface area contributed by atoms with Crippen molar-refractivity contribution in [1.29, 1.82) is 0 Å². The number of benzene rings is 1. The number of hydrogen-bond acceptors (Lipinski definition) is 5. The van der Waals surface area contributed by atoms with Gasteiger partial charge in [0.05, 0.1) is 19.5 Å². The van der Waals surface area contributed by atoms with Crippen LogP contribution in [0.3, 0.4) is 0 Å². The van der Waals surface area contributed by atoms with E-state index in [1.54, 1.807) is 12.5 Å². The van der Waals surface area contributed by atoms with Crippen LogP contribution < -0.4 is 10.2 Å². The zero-order chi connectivity index (χ0) is 18.5. The third kappa shape index (κ3) is 4.40. The molecule has 140 valence electrons. The molecule has 0 saturated carbocycles. The van der Waals surface area contributed by atoms with Gasteiger partial charge in [-0.15, -0.1) is 0 Å². The van der Waals surface area contributed by atoms with Gasteiger partial charge < -0.3 is 19.5 Å². The number of hydrogen-bond donors (Lipinski definition) is 1. The minimum absolute atomic E-state index is 0.625. The van der Waals surface area contributed by atoms with Crippen LogP contribution in [0.1, 0.15) is 11.1 Å². The lowest BCUT2D eigenvalue weighted by molar-refractivity contribution is 0.122. The average Bonchev–Trinajstić information content (AvgIpc) is 3.22. The highest BCUT2D eigenvalue weighted by molar-refractivity contribution is 6.31. The Labute approximate surface area is 163 Å². The molecule has 3 aromatic rings. The predicted molar refractivity (Wildman–Crippen MR) is 107 cm³/mol. The Bertz CT molecular complexity index is 861. The Morgan fingerprint density at radius 1 is 1.15 bits per heavy atom. The SMILES string of the molecule is Clc1cccc(N2CCOCC2)c1CNc1ccc(Cn2ccnc2)cn1. The van der Waals surface area contributed by atoms with Crippen molar-refractivity contribution in [2.24, 2.45) is 0 Å². The standard InChI is InChI=1S/C20H22ClN5O/c21-18-2-1-3-19(26-8-10-27-11-9-26)17(18)13-24-20-5-4-16(12-23-20)14-25-7-6-22-15-25/h1-7,12,15H,8-11,13-14H2,(H,23,24). The Hall–Kier alpha value is -2.57. The topological polar surface area (TPSA) is 55.2 Å². The number of ether oxygens (including phenoxy) is 1. The Morgan fingerprint density at radius 3 is 2.78 bits per heavy atom. The number of pyridine rings is 1. The van der Waals surface area contributed by atoms with Crippen LogP contribution in [0, 0.1) is 0 Å². The molecule has 1 aliphatic rings. The fraction of sp³-hybridized carbons (Fsp3) is 0.300. The molecule has 3 heterocycles. The highest BCUT2D eigenvalue weighted by Gasteiger charge is 2.16. The first-order chi connectivity index (χ1) is 13.3. The highest BCUT2D eigenvalue weighted by Crippen LogP contribution is 2.29. The van der Waals surface area contributed by atoms with E-state index in [1.165, 1.54) is 0 Å². The fourth-order valence-electron chi connectivity index (χ4n) is 3.22. The lowest BCUT2D eigenvalue weighted by atomic mass is 10.1. The van der Waals surface area contributed by atoms with Crippen molar-refractivity contribution in [3.05, 3.63) is 71.4 Å². The smallest absolute Gasteiger partial charge is 0.126 e. The summed E-state index contributed by atoms with van der Waals surface area (Å²) in [5.41, 5.74) is 3.38. The van der Waals surface area contributed by atoms with Crippen LogP contribution in [0.15, 0.2) is 55.2 Å². The van der Waals surface area contributed by atoms with E-state index >= 15 is 0 Å². The van der Waals surface area contributed by atoms with Crippen LogP contribution in [0.2, 0.25) is 5.02 Å². The van der Waals surface area contributed by atoms with Crippen LogP contribution >= 0.6 is 11.6 Å². The van der Waals surface area contributed by atoms with E-state index in [9.17, 15) is 0 Å². The van der Waals surface area contributed by atoms with Crippen molar-refractivity contribution in [2.45, 2.75) is 13.1 Å². The summed E-state index contributed by atoms with van der Waals surface area (Å²) in [5, 5.41) is 4.16. The Morgan fingerprint density at radius 2 is 2.04 bits per heavy atom. The molecule has 1 N–H and O–H groups in total. The molecule has 1 aliphatic heterocycles. The van der Waals surface area contributed by atoms with Gasteiger partial charge in [0.2, 0.25) is 0 Å². The first kappa shape index (κ1) is 17.8. The number of halogens is 1. The summed E-state index contributed by atoms with van der Waals surface area (Å²) in [4.78, 5) is 10.9. The van der Waals surface area contributed by atoms with Crippen LogP contribution in [0.4, 0.5) is 11.5 Å². The van der Waals surface area contributed by atoms with E-state index in [-0.39, 0.29) is 0 Å². The molecule has 4 rings (SSSR count). The zero-order valence-corrected chi connectivity index (χ0v) is 15.8. The van der Waals surface area contributed by atoms with Crippen molar-refractivity contribution in [2.75, 3.05) is 36.5 Å². The van der Waals surface area contributed by atoms with Crippen molar-refractivity contribution < 1.29 is 4.74 Å². The van der Waals surface area contributed by atoms with Crippen LogP contribution in [-0.4, -0.2) is 40.8 Å². The largest absolute Gasteiger partial charge is 0.378 e. The monoisotopic (exact) mass is 383 g/mol. The van der Waals surface area contributed by atoms with Gasteiger partial charge in [0.1, 0.15) is 5.82 Å². The minimum atomic E-state index is 0.625. The molecule has 1 aromatic carbocycles. The normalized spacial score (nSPS) is 14.3. The number of anilines is 2. The number of nitrogens with one attached hydrogen (secondary N) is 1. The first-order valence-electron chi connectivity index (χ1n) is 9.04. The molecule has 0 aliphatic carbocycles. The van der Waals surface area contributed by atoms with Gasteiger partial charge >= 0.3 is 0 Å². The minimum Gasteiger partial charge on any atom is -0.378 e. The summed E-state index contributed by atoms with van der Waals surface area (Å²) < 4.78 is 7.48. The van der Waals surface area contributed by atoms with Crippen LogP contribution in [0.25, 0.3) is 0 Å². The van der Waals surface area contributed by atoms with Crippen molar-refractivity contribution >= 4 is 23.1 Å². The number of rotatable bonds is 6. The maximum Gasteiger partial charge on any atom is 0.126 e. The molecule has 0 amide bonds. The molecular formula is C20H22ClN5O. The van der Waals surface area contributed by atoms with E-state index in [0.29, 0.717) is 6.54 Å². The molecule has 0 bridgehead atoms. The fourth-order valence-corrected chi connectivity index (χ4v) is 3.45. The highest BCUT2D eigenvalue weighted by atomic mass is 35.5. The van der Waals surface area contributed by atoms with Gasteiger partial charge in [0, 0.05) is 61.0 Å². The van der Waals surface area contributed by atoms with Gasteiger partial charge in [0.15, 0.2) is 0 Å². The van der Waals surface area contributed by atoms with Gasteiger partial charge in [-0.2, -0.15) is 0 Å². The van der Waals surface area contributed by atoms with E-state index in [4.69, 9.17) is 16.3 Å². The van der Waals surface area contributed by atoms with Gasteiger partial charge in [0.25, 0.3) is 0 Å². The maximum absolute atomic E-state index is 6.49. The van der Waals surface area contributed by atoms with Crippen LogP contribution in [0.5, 0.6) is 0 Å². The number of nitrogens with zero attached hydrogens (tertiary/aromatic N) is 4. The lowest BCUT2D eigenvalue weighted by Gasteiger charge is -2.31. The second-order valence-electron chi connectivity index (χ2n) is 6.48. The van der Waals surface area contributed by atoms with Crippen LogP contribution in [-0.2, 0) is 17.8 Å². The van der Waals surface area contributed by atoms with Crippen molar-refractivity contribution in [3.8, 4) is 0 Å². The van der Waals surface area contributed by atoms with Crippen molar-refractivity contribution in [3.63, 3.8) is 0 Å². The molecule has 6 nitrogen and oxygen atoms in total. The molecule has 0 atom stereocenters. The summed E-state index contributed by atoms with van der Waals surface area (Å²) in [6, 6.07) is 10.1. The van der Waals surface area contributed by atoms with E-state index in [1.807, 2.05) is 35.2 Å². The molecule has 0 spiro atoms. The predicted octanol–water partition coefficient (Wildman–Crippen LogP) is 3.43. The van der Waals surface area contributed by atoms with Gasteiger partial charge in [-0.25, -0.2) is 9.97 Å². The zero-order valence-electron chi connectivity index (χ0n) is 15.0. The first-order valence-corrected chi connectivity index (χ1v) is 9.42. The molecule has 0 radical (unpaired) electrons. The quantitative estimate of drug-likeness (QED) is 0.706. The Balaban J connectivity index is 1.44. The van der Waals surface area contributed by atoms with E-state index in [0.717, 1.165) is 60.5 Å². The molecular weight excluding hydrogens is 362 g/mol. The molecule has 27 heavy (non-hydrogen) atoms. The second-order valence-corrected chi connectivity index (χ2v) is 6.88. The van der Waals surface area contributed by atoms with Crippen molar-refractivity contribution in [1.82, 2.24) is 14.5 Å². The summed E-state index contributed by atoms with van der Waals surface area (Å²) in [5.74, 6) is 0.831. The third-order valence-electron chi connectivity index (χ3n) is 4.64. The summed E-state index contributed by atoms with van der Waals surface area (Å²) in [7, 11) is 0.